The molecule has 6 nitrogen and oxygen atoms in total. The monoisotopic (exact) mass is 320 g/mol. The van der Waals surface area contributed by atoms with Crippen LogP contribution < -0.4 is 5.32 Å². The summed E-state index contributed by atoms with van der Waals surface area (Å²) in [6, 6.07) is 2.30. The number of nitrogens with one attached hydrogen (secondary N) is 1. The molecule has 0 radical (unpaired) electrons. The molecule has 1 spiro atoms. The molecule has 1 saturated carbocycles. The van der Waals surface area contributed by atoms with Crippen LogP contribution >= 0.6 is 0 Å². The molecule has 1 unspecified atom stereocenters. The maximum Gasteiger partial charge on any atom is 0.410 e. The molecule has 0 bridgehead atoms. The number of hydrogen-bond donors (Lipinski definition) is 1. The molecule has 1 aliphatic carbocycles. The van der Waals surface area contributed by atoms with Gasteiger partial charge in [-0.1, -0.05) is 0 Å². The van der Waals surface area contributed by atoms with Crippen LogP contribution in [0.25, 0.3) is 0 Å². The highest BCUT2D eigenvalue weighted by Gasteiger charge is 2.55. The van der Waals surface area contributed by atoms with E-state index in [1.807, 2.05) is 42.6 Å². The standard InChI is InChI=1S/C17H28N4O2/c1-16(2,3)23-15(22)21-12-6-14(17(21)7-4-8-17)18-10-13-20-11-5-9-19-20/h5,9,11,14,18H,4,6-8,10,12-13H2,1-3H3. The first-order valence-electron chi connectivity index (χ1n) is 8.62. The third-order valence-electron chi connectivity index (χ3n) is 4.95. The summed E-state index contributed by atoms with van der Waals surface area (Å²) < 4.78 is 7.54. The second kappa shape index (κ2) is 6.15. The maximum atomic E-state index is 12.5. The highest BCUT2D eigenvalue weighted by atomic mass is 16.6. The first-order chi connectivity index (χ1) is 10.9. The Morgan fingerprint density at radius 1 is 1.43 bits per heavy atom. The van der Waals surface area contributed by atoms with Gasteiger partial charge in [-0.3, -0.25) is 4.68 Å². The smallest absolute Gasteiger partial charge is 0.410 e. The molecule has 1 aromatic heterocycles. The molecule has 1 aromatic rings. The summed E-state index contributed by atoms with van der Waals surface area (Å²) in [5.74, 6) is 0. The van der Waals surface area contributed by atoms with Crippen LogP contribution in [0.15, 0.2) is 18.5 Å². The second-order valence-electron chi connectivity index (χ2n) is 7.65. The summed E-state index contributed by atoms with van der Waals surface area (Å²) in [5.41, 5.74) is -0.472. The van der Waals surface area contributed by atoms with Crippen LogP contribution in [0.5, 0.6) is 0 Å². The van der Waals surface area contributed by atoms with Gasteiger partial charge in [-0.05, 0) is 52.5 Å². The number of ether oxygens (including phenoxy) is 1. The third-order valence-corrected chi connectivity index (χ3v) is 4.95. The number of amides is 1. The lowest BCUT2D eigenvalue weighted by atomic mass is 9.72. The minimum absolute atomic E-state index is 0.0353. The quantitative estimate of drug-likeness (QED) is 0.925. The zero-order chi connectivity index (χ0) is 16.5. The highest BCUT2D eigenvalue weighted by Crippen LogP contribution is 2.46. The van der Waals surface area contributed by atoms with Gasteiger partial charge >= 0.3 is 6.09 Å². The fourth-order valence-electron chi connectivity index (χ4n) is 3.76. The number of nitrogens with zero attached hydrogens (tertiary/aromatic N) is 3. The number of hydrogen-bond acceptors (Lipinski definition) is 4. The largest absolute Gasteiger partial charge is 0.444 e. The van der Waals surface area contributed by atoms with E-state index in [9.17, 15) is 4.79 Å². The van der Waals surface area contributed by atoms with Crippen LogP contribution in [0, 0.1) is 0 Å². The lowest BCUT2D eigenvalue weighted by molar-refractivity contribution is -0.0164. The Morgan fingerprint density at radius 2 is 2.22 bits per heavy atom. The van der Waals surface area contributed by atoms with E-state index in [1.54, 1.807) is 6.20 Å². The van der Waals surface area contributed by atoms with E-state index in [0.717, 1.165) is 38.9 Å². The summed E-state index contributed by atoms with van der Waals surface area (Å²) in [6.07, 6.45) is 7.95. The van der Waals surface area contributed by atoms with E-state index in [-0.39, 0.29) is 11.6 Å². The number of carbonyl (C=O) groups excluding carboxylic acids is 1. The molecule has 1 aliphatic heterocycles. The fourth-order valence-corrected chi connectivity index (χ4v) is 3.76. The van der Waals surface area contributed by atoms with Crippen molar-refractivity contribution in [2.45, 2.75) is 70.2 Å². The first-order valence-corrected chi connectivity index (χ1v) is 8.62. The van der Waals surface area contributed by atoms with E-state index in [0.29, 0.717) is 6.04 Å². The number of rotatable bonds is 4. The molecule has 23 heavy (non-hydrogen) atoms. The molecule has 3 rings (SSSR count). The van der Waals surface area contributed by atoms with Crippen LogP contribution in [0.2, 0.25) is 0 Å². The van der Waals surface area contributed by atoms with Gasteiger partial charge in [-0.15, -0.1) is 0 Å². The van der Waals surface area contributed by atoms with E-state index in [1.165, 1.54) is 6.42 Å². The van der Waals surface area contributed by atoms with E-state index < -0.39 is 5.60 Å². The van der Waals surface area contributed by atoms with Crippen molar-refractivity contribution in [2.75, 3.05) is 13.1 Å². The molecule has 0 aromatic carbocycles. The summed E-state index contributed by atoms with van der Waals surface area (Å²) in [7, 11) is 0. The minimum Gasteiger partial charge on any atom is -0.444 e. The molecule has 2 aliphatic rings. The molecule has 6 heteroatoms. The van der Waals surface area contributed by atoms with Crippen LogP contribution in [0.4, 0.5) is 4.79 Å². The lowest BCUT2D eigenvalue weighted by Crippen LogP contribution is -2.61. The van der Waals surface area contributed by atoms with Gasteiger partial charge in [0.2, 0.25) is 0 Å². The molecule has 2 fully saturated rings. The summed E-state index contributed by atoms with van der Waals surface area (Å²) >= 11 is 0. The average molecular weight is 320 g/mol. The van der Waals surface area contributed by atoms with Crippen molar-refractivity contribution in [3.05, 3.63) is 18.5 Å². The maximum absolute atomic E-state index is 12.5. The second-order valence-corrected chi connectivity index (χ2v) is 7.65. The molecular weight excluding hydrogens is 292 g/mol. The lowest BCUT2D eigenvalue weighted by Gasteiger charge is -2.49. The molecule has 1 saturated heterocycles. The predicted molar refractivity (Wildman–Crippen MR) is 88.2 cm³/mol. The van der Waals surface area contributed by atoms with Gasteiger partial charge in [-0.2, -0.15) is 5.10 Å². The molecule has 1 amide bonds. The molecule has 1 atom stereocenters. The molecule has 2 heterocycles. The van der Waals surface area contributed by atoms with Crippen LogP contribution in [-0.2, 0) is 11.3 Å². The Balaban J connectivity index is 1.59. The van der Waals surface area contributed by atoms with E-state index in [2.05, 4.69) is 10.4 Å². The van der Waals surface area contributed by atoms with Crippen molar-refractivity contribution in [1.82, 2.24) is 20.0 Å². The van der Waals surface area contributed by atoms with Crippen molar-refractivity contribution in [3.63, 3.8) is 0 Å². The zero-order valence-electron chi connectivity index (χ0n) is 14.4. The third kappa shape index (κ3) is 3.37. The van der Waals surface area contributed by atoms with Crippen LogP contribution in [0.3, 0.4) is 0 Å². The van der Waals surface area contributed by atoms with E-state index in [4.69, 9.17) is 4.74 Å². The van der Waals surface area contributed by atoms with Crippen molar-refractivity contribution in [2.24, 2.45) is 0 Å². The van der Waals surface area contributed by atoms with Crippen molar-refractivity contribution in [1.29, 1.82) is 0 Å². The minimum atomic E-state index is -0.437. The molecule has 128 valence electrons. The Hall–Kier alpha value is -1.56. The van der Waals surface area contributed by atoms with Gasteiger partial charge in [0.1, 0.15) is 5.60 Å². The van der Waals surface area contributed by atoms with Crippen molar-refractivity contribution >= 4 is 6.09 Å². The Labute approximate surface area is 138 Å². The Morgan fingerprint density at radius 3 is 2.78 bits per heavy atom. The van der Waals surface area contributed by atoms with Gasteiger partial charge in [0.25, 0.3) is 0 Å². The zero-order valence-corrected chi connectivity index (χ0v) is 14.4. The predicted octanol–water partition coefficient (Wildman–Crippen LogP) is 2.40. The van der Waals surface area contributed by atoms with Crippen LogP contribution in [-0.4, -0.2) is 51.0 Å². The van der Waals surface area contributed by atoms with Crippen molar-refractivity contribution < 1.29 is 9.53 Å². The SMILES string of the molecule is CC(C)(C)OC(=O)N1CCC(NCCn2cccn2)C12CCC2. The molecular formula is C17H28N4O2. The van der Waals surface area contributed by atoms with Crippen molar-refractivity contribution in [3.8, 4) is 0 Å². The normalized spacial score (nSPS) is 23.1. The van der Waals surface area contributed by atoms with Gasteiger partial charge in [0, 0.05) is 31.5 Å². The fraction of sp³-hybridized carbons (Fsp3) is 0.765. The van der Waals surface area contributed by atoms with Gasteiger partial charge in [0.05, 0.1) is 12.1 Å². The number of likely N-dealkylation sites (tertiary alicyclic amines) is 1. The average Bonchev–Trinajstić information content (AvgIpc) is 3.02. The summed E-state index contributed by atoms with van der Waals surface area (Å²) in [4.78, 5) is 14.5. The van der Waals surface area contributed by atoms with Gasteiger partial charge in [0.15, 0.2) is 0 Å². The number of aromatic nitrogens is 2. The van der Waals surface area contributed by atoms with Gasteiger partial charge in [-0.25, -0.2) is 4.79 Å². The van der Waals surface area contributed by atoms with Crippen LogP contribution in [0.1, 0.15) is 46.5 Å². The van der Waals surface area contributed by atoms with E-state index >= 15 is 0 Å². The number of carbonyl (C=O) groups is 1. The Kier molecular flexibility index (Phi) is 4.36. The molecule has 1 N–H and O–H groups in total. The summed E-state index contributed by atoms with van der Waals surface area (Å²) in [5, 5.41) is 7.88. The Bertz CT molecular complexity index is 531. The highest BCUT2D eigenvalue weighted by molar-refractivity contribution is 5.70. The van der Waals surface area contributed by atoms with Gasteiger partial charge < -0.3 is 15.0 Å². The first kappa shape index (κ1) is 16.3. The summed E-state index contributed by atoms with van der Waals surface area (Å²) in [6.45, 7) is 8.29. The topological polar surface area (TPSA) is 59.4 Å².